The van der Waals surface area contributed by atoms with E-state index in [1.165, 1.54) is 12.8 Å². The summed E-state index contributed by atoms with van der Waals surface area (Å²) in [6.07, 6.45) is 3.44. The average molecular weight is 260 g/mol. The van der Waals surface area contributed by atoms with Gasteiger partial charge in [-0.25, -0.2) is 0 Å². The highest BCUT2D eigenvalue weighted by atomic mass is 16.2. The molecule has 3 heteroatoms. The highest BCUT2D eigenvalue weighted by molar-refractivity contribution is 5.83. The first-order chi connectivity index (χ1) is 9.08. The Hall–Kier alpha value is -1.35. The Morgan fingerprint density at radius 3 is 2.58 bits per heavy atom. The summed E-state index contributed by atoms with van der Waals surface area (Å²) in [7, 11) is 0. The average Bonchev–Trinajstić information content (AvgIpc) is 2.42. The molecule has 0 aliphatic heterocycles. The van der Waals surface area contributed by atoms with Crippen molar-refractivity contribution in [2.45, 2.75) is 45.2 Å². The van der Waals surface area contributed by atoms with Crippen LogP contribution in [0, 0.1) is 11.8 Å². The number of carbonyl (C=O) groups excluding carboxylic acids is 1. The Labute approximate surface area is 115 Å². The lowest BCUT2D eigenvalue weighted by molar-refractivity contribution is -0.123. The predicted molar refractivity (Wildman–Crippen MR) is 77.5 cm³/mol. The minimum atomic E-state index is -0.562. The van der Waals surface area contributed by atoms with E-state index >= 15 is 0 Å². The van der Waals surface area contributed by atoms with E-state index in [0.29, 0.717) is 5.92 Å². The number of hydrogen-bond acceptors (Lipinski definition) is 2. The second kappa shape index (κ2) is 6.20. The molecule has 0 aromatic heterocycles. The lowest BCUT2D eigenvalue weighted by atomic mass is 9.80. The summed E-state index contributed by atoms with van der Waals surface area (Å²) in [5.74, 6) is 1.25. The fraction of sp³-hybridized carbons (Fsp3) is 0.562. The topological polar surface area (TPSA) is 55.1 Å². The van der Waals surface area contributed by atoms with Gasteiger partial charge in [-0.2, -0.15) is 0 Å². The molecule has 4 atom stereocenters. The van der Waals surface area contributed by atoms with Crippen LogP contribution < -0.4 is 11.1 Å². The van der Waals surface area contributed by atoms with Crippen LogP contribution in [0.15, 0.2) is 30.3 Å². The van der Waals surface area contributed by atoms with Crippen molar-refractivity contribution in [2.24, 2.45) is 17.6 Å². The van der Waals surface area contributed by atoms with E-state index in [2.05, 4.69) is 19.2 Å². The Morgan fingerprint density at radius 2 is 1.95 bits per heavy atom. The van der Waals surface area contributed by atoms with Crippen LogP contribution in [0.3, 0.4) is 0 Å². The predicted octanol–water partition coefficient (Wildman–Crippen LogP) is 2.63. The summed E-state index contributed by atoms with van der Waals surface area (Å²) in [4.78, 5) is 12.2. The molecule has 1 aromatic carbocycles. The fourth-order valence-corrected chi connectivity index (χ4v) is 2.96. The summed E-state index contributed by atoms with van der Waals surface area (Å²) in [5.41, 5.74) is 6.89. The summed E-state index contributed by atoms with van der Waals surface area (Å²) in [6, 6.07) is 9.26. The van der Waals surface area contributed by atoms with Crippen molar-refractivity contribution < 1.29 is 4.79 Å². The van der Waals surface area contributed by atoms with Crippen molar-refractivity contribution in [3.8, 4) is 0 Å². The lowest BCUT2D eigenvalue weighted by Gasteiger charge is -2.33. The van der Waals surface area contributed by atoms with Gasteiger partial charge < -0.3 is 11.1 Å². The van der Waals surface area contributed by atoms with Crippen LogP contribution in [0.1, 0.15) is 44.7 Å². The van der Waals surface area contributed by atoms with E-state index in [1.807, 2.05) is 30.3 Å². The van der Waals surface area contributed by atoms with Gasteiger partial charge in [-0.3, -0.25) is 4.79 Å². The van der Waals surface area contributed by atoms with E-state index in [9.17, 15) is 4.79 Å². The molecule has 0 bridgehead atoms. The van der Waals surface area contributed by atoms with Crippen molar-refractivity contribution in [1.82, 2.24) is 5.32 Å². The fourth-order valence-electron chi connectivity index (χ4n) is 2.96. The van der Waals surface area contributed by atoms with Gasteiger partial charge in [0.25, 0.3) is 0 Å². The minimum absolute atomic E-state index is 0.0578. The van der Waals surface area contributed by atoms with Crippen LogP contribution in [-0.2, 0) is 4.79 Å². The third kappa shape index (κ3) is 3.57. The molecule has 0 heterocycles. The van der Waals surface area contributed by atoms with Crippen molar-refractivity contribution in [2.75, 3.05) is 0 Å². The van der Waals surface area contributed by atoms with Gasteiger partial charge in [0.1, 0.15) is 6.04 Å². The first kappa shape index (κ1) is 14.1. The molecule has 1 aliphatic rings. The van der Waals surface area contributed by atoms with Crippen molar-refractivity contribution in [3.05, 3.63) is 35.9 Å². The molecule has 3 N–H and O–H groups in total. The zero-order valence-electron chi connectivity index (χ0n) is 11.8. The highest BCUT2D eigenvalue weighted by Gasteiger charge is 2.28. The van der Waals surface area contributed by atoms with Crippen LogP contribution >= 0.6 is 0 Å². The molecule has 104 valence electrons. The largest absolute Gasteiger partial charge is 0.351 e. The number of carbonyl (C=O) groups is 1. The molecule has 1 saturated carbocycles. The maximum atomic E-state index is 12.2. The Bertz CT molecular complexity index is 418. The Balaban J connectivity index is 1.94. The van der Waals surface area contributed by atoms with E-state index < -0.39 is 6.04 Å². The van der Waals surface area contributed by atoms with Crippen LogP contribution in [0.25, 0.3) is 0 Å². The van der Waals surface area contributed by atoms with Crippen LogP contribution in [0.5, 0.6) is 0 Å². The molecule has 0 spiro atoms. The zero-order valence-corrected chi connectivity index (χ0v) is 11.8. The van der Waals surface area contributed by atoms with E-state index in [-0.39, 0.29) is 11.9 Å². The highest BCUT2D eigenvalue weighted by Crippen LogP contribution is 2.28. The molecular formula is C16H24N2O. The third-order valence-corrected chi connectivity index (χ3v) is 4.20. The maximum Gasteiger partial charge on any atom is 0.241 e. The molecule has 19 heavy (non-hydrogen) atoms. The molecule has 3 nitrogen and oxygen atoms in total. The van der Waals surface area contributed by atoms with Gasteiger partial charge in [-0.15, -0.1) is 0 Å². The van der Waals surface area contributed by atoms with Gasteiger partial charge in [-0.1, -0.05) is 44.2 Å². The molecular weight excluding hydrogens is 236 g/mol. The molecule has 3 unspecified atom stereocenters. The Morgan fingerprint density at radius 1 is 1.26 bits per heavy atom. The molecule has 1 fully saturated rings. The van der Waals surface area contributed by atoms with Crippen molar-refractivity contribution in [3.63, 3.8) is 0 Å². The van der Waals surface area contributed by atoms with Crippen LogP contribution in [-0.4, -0.2) is 11.9 Å². The second-order valence-electron chi connectivity index (χ2n) is 5.90. The second-order valence-corrected chi connectivity index (χ2v) is 5.90. The Kier molecular flexibility index (Phi) is 4.59. The maximum absolute atomic E-state index is 12.2. The number of nitrogens with two attached hydrogens (primary N) is 1. The molecule has 1 aromatic rings. The number of amides is 1. The molecule has 0 radical (unpaired) electrons. The van der Waals surface area contributed by atoms with Crippen LogP contribution in [0.2, 0.25) is 0 Å². The normalized spacial score (nSPS) is 28.7. The SMILES string of the molecule is CC1CCC(NC(=O)[C@@H](N)c2ccccc2)C(C)C1. The third-order valence-electron chi connectivity index (χ3n) is 4.20. The molecule has 0 saturated heterocycles. The van der Waals surface area contributed by atoms with Gasteiger partial charge in [0.15, 0.2) is 0 Å². The van der Waals surface area contributed by atoms with Crippen molar-refractivity contribution >= 4 is 5.91 Å². The van der Waals surface area contributed by atoms with Gasteiger partial charge in [0, 0.05) is 6.04 Å². The van der Waals surface area contributed by atoms with E-state index in [4.69, 9.17) is 5.73 Å². The number of hydrogen-bond donors (Lipinski definition) is 2. The quantitative estimate of drug-likeness (QED) is 0.877. The van der Waals surface area contributed by atoms with E-state index in [1.54, 1.807) is 0 Å². The smallest absolute Gasteiger partial charge is 0.241 e. The number of benzene rings is 1. The molecule has 2 rings (SSSR count). The first-order valence-electron chi connectivity index (χ1n) is 7.19. The summed E-state index contributed by atoms with van der Waals surface area (Å²) in [5, 5.41) is 3.12. The lowest BCUT2D eigenvalue weighted by Crippen LogP contribution is -2.45. The monoisotopic (exact) mass is 260 g/mol. The van der Waals surface area contributed by atoms with Gasteiger partial charge >= 0.3 is 0 Å². The summed E-state index contributed by atoms with van der Waals surface area (Å²) >= 11 is 0. The summed E-state index contributed by atoms with van der Waals surface area (Å²) < 4.78 is 0. The standard InChI is InChI=1S/C16H24N2O/c1-11-8-9-14(12(2)10-11)18-16(19)15(17)13-6-4-3-5-7-13/h3-7,11-12,14-15H,8-10,17H2,1-2H3,(H,18,19)/t11?,12?,14?,15-/m0/s1. The van der Waals surface area contributed by atoms with Gasteiger partial charge in [-0.05, 0) is 36.7 Å². The van der Waals surface area contributed by atoms with E-state index in [0.717, 1.165) is 17.9 Å². The molecule has 1 amide bonds. The summed E-state index contributed by atoms with van der Waals surface area (Å²) in [6.45, 7) is 4.50. The minimum Gasteiger partial charge on any atom is -0.351 e. The number of nitrogens with one attached hydrogen (secondary N) is 1. The number of rotatable bonds is 3. The van der Waals surface area contributed by atoms with Gasteiger partial charge in [0.2, 0.25) is 5.91 Å². The van der Waals surface area contributed by atoms with Crippen molar-refractivity contribution in [1.29, 1.82) is 0 Å². The van der Waals surface area contributed by atoms with Crippen LogP contribution in [0.4, 0.5) is 0 Å². The first-order valence-corrected chi connectivity index (χ1v) is 7.19. The van der Waals surface area contributed by atoms with Gasteiger partial charge in [0.05, 0.1) is 0 Å². The zero-order chi connectivity index (χ0) is 13.8. The molecule has 1 aliphatic carbocycles.